The molecular weight excluding hydrogens is 459 g/mol. The van der Waals surface area contributed by atoms with Crippen LogP contribution >= 0.6 is 11.3 Å². The van der Waals surface area contributed by atoms with Crippen molar-refractivity contribution < 1.29 is 18.0 Å². The van der Waals surface area contributed by atoms with E-state index in [1.54, 1.807) is 10.4 Å². The van der Waals surface area contributed by atoms with Gasteiger partial charge in [0.05, 0.1) is 16.5 Å². The lowest BCUT2D eigenvalue weighted by Crippen LogP contribution is -2.55. The Balaban J connectivity index is 1.29. The number of amides is 2. The van der Waals surface area contributed by atoms with Crippen molar-refractivity contribution in [3.05, 3.63) is 29.5 Å². The van der Waals surface area contributed by atoms with Gasteiger partial charge in [0.25, 0.3) is 0 Å². The molecule has 0 bridgehead atoms. The standard InChI is InChI=1S/C19H18F3N9OS/c1-9-7-30(4-5-31(9)14-13-15(33-8-24-13)29-17(23)28-14)18(32)25-10-2-3-11-12(6-10)27-16(26-11)19(20,21)22/h2-3,6,8-9H,4-5,7H2,1H3,(H,25,32)(H,26,27)(H2,23,28,29). The number of aromatic nitrogens is 5. The molecule has 4 heterocycles. The molecule has 14 heteroatoms. The Labute approximate surface area is 188 Å². The van der Waals surface area contributed by atoms with E-state index in [9.17, 15) is 18.0 Å². The van der Waals surface area contributed by atoms with Crippen molar-refractivity contribution >= 4 is 56.2 Å². The van der Waals surface area contributed by atoms with Crippen LogP contribution in [0.4, 0.5) is 35.4 Å². The van der Waals surface area contributed by atoms with E-state index >= 15 is 0 Å². The number of nitrogens with zero attached hydrogens (tertiary/aromatic N) is 6. The Bertz CT molecular complexity index is 1350. The molecule has 0 spiro atoms. The second-order valence-electron chi connectivity index (χ2n) is 7.65. The van der Waals surface area contributed by atoms with Crippen LogP contribution in [-0.2, 0) is 6.18 Å². The lowest BCUT2D eigenvalue weighted by atomic mass is 10.2. The first-order valence-electron chi connectivity index (χ1n) is 9.95. The summed E-state index contributed by atoms with van der Waals surface area (Å²) in [4.78, 5) is 35.9. The molecule has 3 aromatic heterocycles. The van der Waals surface area contributed by atoms with Gasteiger partial charge in [-0.05, 0) is 25.1 Å². The number of fused-ring (bicyclic) bond motifs is 2. The third-order valence-corrected chi connectivity index (χ3v) is 6.10. The van der Waals surface area contributed by atoms with E-state index in [4.69, 9.17) is 5.73 Å². The van der Waals surface area contributed by atoms with E-state index in [1.807, 2.05) is 11.8 Å². The number of urea groups is 1. The molecule has 33 heavy (non-hydrogen) atoms. The van der Waals surface area contributed by atoms with E-state index in [0.717, 1.165) is 0 Å². The summed E-state index contributed by atoms with van der Waals surface area (Å²) in [5.74, 6) is -0.279. The Morgan fingerprint density at radius 2 is 2.09 bits per heavy atom. The third kappa shape index (κ3) is 3.97. The largest absolute Gasteiger partial charge is 0.449 e. The molecule has 4 aromatic rings. The van der Waals surface area contributed by atoms with Crippen LogP contribution in [-0.4, -0.2) is 61.5 Å². The maximum Gasteiger partial charge on any atom is 0.449 e. The van der Waals surface area contributed by atoms with Crippen molar-refractivity contribution in [2.45, 2.75) is 19.1 Å². The Hall–Kier alpha value is -3.68. The number of rotatable bonds is 2. The van der Waals surface area contributed by atoms with Gasteiger partial charge in [-0.3, -0.25) is 0 Å². The van der Waals surface area contributed by atoms with Crippen molar-refractivity contribution in [1.29, 1.82) is 0 Å². The van der Waals surface area contributed by atoms with Crippen LogP contribution in [0, 0.1) is 0 Å². The lowest BCUT2D eigenvalue weighted by molar-refractivity contribution is -0.144. The molecule has 5 rings (SSSR count). The molecule has 10 nitrogen and oxygen atoms in total. The smallest absolute Gasteiger partial charge is 0.368 e. The highest BCUT2D eigenvalue weighted by atomic mass is 32.1. The molecule has 1 aliphatic rings. The van der Waals surface area contributed by atoms with Crippen molar-refractivity contribution in [3.8, 4) is 0 Å². The molecule has 172 valence electrons. The summed E-state index contributed by atoms with van der Waals surface area (Å²) in [7, 11) is 0. The summed E-state index contributed by atoms with van der Waals surface area (Å²) in [6.45, 7) is 3.29. The van der Waals surface area contributed by atoms with E-state index < -0.39 is 12.0 Å². The minimum atomic E-state index is -4.57. The molecule has 1 saturated heterocycles. The van der Waals surface area contributed by atoms with Crippen molar-refractivity contribution in [2.24, 2.45) is 0 Å². The first-order chi connectivity index (χ1) is 15.7. The first kappa shape index (κ1) is 21.2. The van der Waals surface area contributed by atoms with Gasteiger partial charge in [0, 0.05) is 31.4 Å². The number of hydrogen-bond acceptors (Lipinski definition) is 8. The van der Waals surface area contributed by atoms with Crippen molar-refractivity contribution in [2.75, 3.05) is 35.6 Å². The molecular formula is C19H18F3N9OS. The Morgan fingerprint density at radius 1 is 1.27 bits per heavy atom. The molecule has 1 aromatic carbocycles. The number of hydrogen-bond donors (Lipinski definition) is 3. The maximum absolute atomic E-state index is 12.9. The number of thiazole rings is 1. The van der Waals surface area contributed by atoms with Crippen molar-refractivity contribution in [3.63, 3.8) is 0 Å². The molecule has 2 amide bonds. The van der Waals surface area contributed by atoms with E-state index in [1.165, 1.54) is 29.5 Å². The number of imidazole rings is 1. The SMILES string of the molecule is CC1CN(C(=O)Nc2ccc3nc(C(F)(F)F)[nH]c3c2)CCN1c1nc(N)nc2scnc12. The number of nitrogens with one attached hydrogen (secondary N) is 2. The summed E-state index contributed by atoms with van der Waals surface area (Å²) >= 11 is 1.38. The zero-order chi connectivity index (χ0) is 23.3. The highest BCUT2D eigenvalue weighted by Crippen LogP contribution is 2.30. The number of alkyl halides is 3. The minimum absolute atomic E-state index is 0.0758. The highest BCUT2D eigenvalue weighted by molar-refractivity contribution is 7.16. The average molecular weight is 477 g/mol. The second-order valence-corrected chi connectivity index (χ2v) is 8.48. The highest BCUT2D eigenvalue weighted by Gasteiger charge is 2.35. The molecule has 4 N–H and O–H groups in total. The van der Waals surface area contributed by atoms with Crippen LogP contribution in [0.2, 0.25) is 0 Å². The van der Waals surface area contributed by atoms with Crippen LogP contribution < -0.4 is 16.0 Å². The van der Waals surface area contributed by atoms with Crippen LogP contribution in [0.1, 0.15) is 12.7 Å². The fraction of sp³-hybridized carbons (Fsp3) is 0.316. The van der Waals surface area contributed by atoms with Crippen LogP contribution in [0.15, 0.2) is 23.7 Å². The number of anilines is 3. The summed E-state index contributed by atoms with van der Waals surface area (Å²) in [6.07, 6.45) is -4.57. The first-order valence-corrected chi connectivity index (χ1v) is 10.8. The predicted molar refractivity (Wildman–Crippen MR) is 118 cm³/mol. The number of carbonyl (C=O) groups excluding carboxylic acids is 1. The third-order valence-electron chi connectivity index (χ3n) is 5.39. The number of aromatic amines is 1. The van der Waals surface area contributed by atoms with Gasteiger partial charge in [-0.2, -0.15) is 18.2 Å². The molecule has 0 radical (unpaired) electrons. The maximum atomic E-state index is 12.9. The predicted octanol–water partition coefficient (Wildman–Crippen LogP) is 3.31. The molecule has 0 aliphatic carbocycles. The van der Waals surface area contributed by atoms with Crippen LogP contribution in [0.25, 0.3) is 21.4 Å². The van der Waals surface area contributed by atoms with Gasteiger partial charge in [-0.25, -0.2) is 19.7 Å². The molecule has 1 fully saturated rings. The number of piperazine rings is 1. The quantitative estimate of drug-likeness (QED) is 0.404. The van der Waals surface area contributed by atoms with Gasteiger partial charge in [0.1, 0.15) is 5.52 Å². The summed E-state index contributed by atoms with van der Waals surface area (Å²) in [6, 6.07) is 3.95. The van der Waals surface area contributed by atoms with Crippen LogP contribution in [0.3, 0.4) is 0 Å². The van der Waals surface area contributed by atoms with Crippen LogP contribution in [0.5, 0.6) is 0 Å². The summed E-state index contributed by atoms with van der Waals surface area (Å²) in [5.41, 5.74) is 8.93. The number of H-pyrrole nitrogens is 1. The molecule has 1 unspecified atom stereocenters. The molecule has 1 atom stereocenters. The number of carbonyl (C=O) groups is 1. The Morgan fingerprint density at radius 3 is 2.85 bits per heavy atom. The lowest BCUT2D eigenvalue weighted by Gasteiger charge is -2.40. The normalized spacial score (nSPS) is 17.2. The fourth-order valence-corrected chi connectivity index (χ4v) is 4.50. The van der Waals surface area contributed by atoms with E-state index in [0.29, 0.717) is 41.5 Å². The Kier molecular flexibility index (Phi) is 4.96. The molecule has 1 aliphatic heterocycles. The number of benzene rings is 1. The van der Waals surface area contributed by atoms with E-state index in [2.05, 4.69) is 30.2 Å². The van der Waals surface area contributed by atoms with Crippen molar-refractivity contribution in [1.82, 2.24) is 29.8 Å². The summed E-state index contributed by atoms with van der Waals surface area (Å²) < 4.78 is 38.6. The number of nitrogen functional groups attached to an aromatic ring is 1. The van der Waals surface area contributed by atoms with Gasteiger partial charge in [-0.15, -0.1) is 11.3 Å². The van der Waals surface area contributed by atoms with Gasteiger partial charge < -0.3 is 25.8 Å². The summed E-state index contributed by atoms with van der Waals surface area (Å²) in [5, 5.41) is 2.74. The van der Waals surface area contributed by atoms with Gasteiger partial charge in [0.2, 0.25) is 11.8 Å². The van der Waals surface area contributed by atoms with Gasteiger partial charge >= 0.3 is 12.2 Å². The number of halogens is 3. The van der Waals surface area contributed by atoms with Gasteiger partial charge in [-0.1, -0.05) is 0 Å². The minimum Gasteiger partial charge on any atom is -0.368 e. The second kappa shape index (κ2) is 7.72. The monoisotopic (exact) mass is 477 g/mol. The number of nitrogens with two attached hydrogens (primary N) is 1. The topological polar surface area (TPSA) is 129 Å². The fourth-order valence-electron chi connectivity index (χ4n) is 3.84. The van der Waals surface area contributed by atoms with E-state index in [-0.39, 0.29) is 29.1 Å². The zero-order valence-electron chi connectivity index (χ0n) is 17.2. The zero-order valence-corrected chi connectivity index (χ0v) is 18.0. The van der Waals surface area contributed by atoms with Gasteiger partial charge in [0.15, 0.2) is 10.6 Å². The molecule has 0 saturated carbocycles. The average Bonchev–Trinajstić information content (AvgIpc) is 3.39.